The predicted molar refractivity (Wildman–Crippen MR) is 104 cm³/mol. The summed E-state index contributed by atoms with van der Waals surface area (Å²) in [6.07, 6.45) is 0.282. The van der Waals surface area contributed by atoms with Crippen LogP contribution in [0.1, 0.15) is 37.3 Å². The first kappa shape index (κ1) is 18.2. The zero-order valence-corrected chi connectivity index (χ0v) is 15.7. The molecular formula is C22H26N2O2. The number of anilines is 1. The molecule has 1 fully saturated rings. The zero-order valence-electron chi connectivity index (χ0n) is 15.7. The molecule has 0 aliphatic carbocycles. The maximum atomic E-state index is 12.8. The Morgan fingerprint density at radius 2 is 1.77 bits per heavy atom. The number of benzene rings is 2. The standard InChI is InChI=1S/C22H26N2O2/c1-16(2)18-9-11-20(12-10-18)24-15-19(13-21(24)25)22(26)23(3)14-17-7-5-4-6-8-17/h4-12,16,19H,13-15H2,1-3H3. The second-order valence-electron chi connectivity index (χ2n) is 7.33. The van der Waals surface area contributed by atoms with Gasteiger partial charge in [-0.05, 0) is 29.2 Å². The molecule has 1 aliphatic rings. The summed E-state index contributed by atoms with van der Waals surface area (Å²) in [6.45, 7) is 5.31. The molecule has 4 heteroatoms. The molecule has 4 nitrogen and oxygen atoms in total. The molecule has 1 unspecified atom stereocenters. The Labute approximate surface area is 155 Å². The smallest absolute Gasteiger partial charge is 0.228 e. The number of carbonyl (C=O) groups excluding carboxylic acids is 2. The maximum Gasteiger partial charge on any atom is 0.228 e. The van der Waals surface area contributed by atoms with Crippen LogP contribution in [0.15, 0.2) is 54.6 Å². The van der Waals surface area contributed by atoms with Gasteiger partial charge in [-0.2, -0.15) is 0 Å². The molecule has 2 aromatic carbocycles. The van der Waals surface area contributed by atoms with Crippen molar-refractivity contribution in [3.8, 4) is 0 Å². The third-order valence-corrected chi connectivity index (χ3v) is 4.98. The van der Waals surface area contributed by atoms with Gasteiger partial charge in [0.05, 0.1) is 5.92 Å². The van der Waals surface area contributed by atoms with Gasteiger partial charge in [-0.3, -0.25) is 9.59 Å². The summed E-state index contributed by atoms with van der Waals surface area (Å²) in [6, 6.07) is 18.0. The highest BCUT2D eigenvalue weighted by atomic mass is 16.2. The Balaban J connectivity index is 1.65. The molecule has 0 radical (unpaired) electrons. The minimum absolute atomic E-state index is 0.0220. The lowest BCUT2D eigenvalue weighted by Crippen LogP contribution is -2.34. The normalized spacial score (nSPS) is 17.0. The minimum Gasteiger partial charge on any atom is -0.341 e. The van der Waals surface area contributed by atoms with Gasteiger partial charge in [0.15, 0.2) is 0 Å². The van der Waals surface area contributed by atoms with Gasteiger partial charge in [-0.15, -0.1) is 0 Å². The maximum absolute atomic E-state index is 12.8. The molecule has 1 aliphatic heterocycles. The summed E-state index contributed by atoms with van der Waals surface area (Å²) in [7, 11) is 1.81. The fraction of sp³-hybridized carbons (Fsp3) is 0.364. The first-order chi connectivity index (χ1) is 12.5. The molecule has 0 saturated carbocycles. The first-order valence-corrected chi connectivity index (χ1v) is 9.15. The van der Waals surface area contributed by atoms with Gasteiger partial charge in [0, 0.05) is 32.2 Å². The molecular weight excluding hydrogens is 324 g/mol. The van der Waals surface area contributed by atoms with E-state index in [-0.39, 0.29) is 24.2 Å². The van der Waals surface area contributed by atoms with Crippen molar-refractivity contribution >= 4 is 17.5 Å². The molecule has 136 valence electrons. The van der Waals surface area contributed by atoms with Gasteiger partial charge in [0.2, 0.25) is 11.8 Å². The lowest BCUT2D eigenvalue weighted by Gasteiger charge is -2.22. The first-order valence-electron chi connectivity index (χ1n) is 9.15. The van der Waals surface area contributed by atoms with E-state index < -0.39 is 0 Å². The van der Waals surface area contributed by atoms with Gasteiger partial charge in [0.25, 0.3) is 0 Å². The average molecular weight is 350 g/mol. The Morgan fingerprint density at radius 3 is 2.38 bits per heavy atom. The number of amides is 2. The molecule has 1 saturated heterocycles. The molecule has 0 N–H and O–H groups in total. The van der Waals surface area contributed by atoms with E-state index in [9.17, 15) is 9.59 Å². The molecule has 0 spiro atoms. The topological polar surface area (TPSA) is 40.6 Å². The third kappa shape index (κ3) is 3.96. The quantitative estimate of drug-likeness (QED) is 0.822. The summed E-state index contributed by atoms with van der Waals surface area (Å²) in [5.41, 5.74) is 3.21. The van der Waals surface area contributed by atoms with E-state index in [1.54, 1.807) is 16.8 Å². The van der Waals surface area contributed by atoms with Crippen molar-refractivity contribution in [3.63, 3.8) is 0 Å². The van der Waals surface area contributed by atoms with Gasteiger partial charge >= 0.3 is 0 Å². The number of hydrogen-bond donors (Lipinski definition) is 0. The fourth-order valence-electron chi connectivity index (χ4n) is 3.41. The van der Waals surface area contributed by atoms with Crippen LogP contribution in [-0.4, -0.2) is 30.3 Å². The van der Waals surface area contributed by atoms with Crippen LogP contribution < -0.4 is 4.90 Å². The number of carbonyl (C=O) groups is 2. The van der Waals surface area contributed by atoms with Crippen molar-refractivity contribution in [3.05, 3.63) is 65.7 Å². The van der Waals surface area contributed by atoms with Gasteiger partial charge in [0.1, 0.15) is 0 Å². The number of nitrogens with zero attached hydrogens (tertiary/aromatic N) is 2. The van der Waals surface area contributed by atoms with Crippen LogP contribution in [0.5, 0.6) is 0 Å². The van der Waals surface area contributed by atoms with Crippen molar-refractivity contribution in [2.24, 2.45) is 5.92 Å². The van der Waals surface area contributed by atoms with E-state index in [2.05, 4.69) is 26.0 Å². The Bertz CT molecular complexity index is 768. The molecule has 2 aromatic rings. The van der Waals surface area contributed by atoms with E-state index in [1.807, 2.05) is 42.5 Å². The summed E-state index contributed by atoms with van der Waals surface area (Å²) in [5.74, 6) is 0.234. The zero-order chi connectivity index (χ0) is 18.7. The Kier molecular flexibility index (Phi) is 5.40. The van der Waals surface area contributed by atoms with Crippen molar-refractivity contribution < 1.29 is 9.59 Å². The van der Waals surface area contributed by atoms with Crippen LogP contribution in [0.2, 0.25) is 0 Å². The van der Waals surface area contributed by atoms with E-state index in [4.69, 9.17) is 0 Å². The highest BCUT2D eigenvalue weighted by Gasteiger charge is 2.36. The van der Waals surface area contributed by atoms with Crippen molar-refractivity contribution in [2.75, 3.05) is 18.5 Å². The second-order valence-corrected chi connectivity index (χ2v) is 7.33. The predicted octanol–water partition coefficient (Wildman–Crippen LogP) is 3.82. The van der Waals surface area contributed by atoms with Gasteiger partial charge in [-0.1, -0.05) is 56.3 Å². The molecule has 1 atom stereocenters. The number of hydrogen-bond acceptors (Lipinski definition) is 2. The molecule has 0 aromatic heterocycles. The lowest BCUT2D eigenvalue weighted by atomic mass is 10.0. The van der Waals surface area contributed by atoms with E-state index in [0.29, 0.717) is 19.0 Å². The Hall–Kier alpha value is -2.62. The molecule has 0 bridgehead atoms. The van der Waals surface area contributed by atoms with Crippen LogP contribution in [0.3, 0.4) is 0 Å². The van der Waals surface area contributed by atoms with Crippen LogP contribution in [-0.2, 0) is 16.1 Å². The van der Waals surface area contributed by atoms with Crippen LogP contribution >= 0.6 is 0 Å². The molecule has 26 heavy (non-hydrogen) atoms. The summed E-state index contributed by atoms with van der Waals surface area (Å²) in [4.78, 5) is 28.7. The SMILES string of the molecule is CC(C)c1ccc(N2CC(C(=O)N(C)Cc3ccccc3)CC2=O)cc1. The van der Waals surface area contributed by atoms with E-state index in [1.165, 1.54) is 5.56 Å². The minimum atomic E-state index is -0.277. The fourth-order valence-corrected chi connectivity index (χ4v) is 3.41. The second kappa shape index (κ2) is 7.73. The van der Waals surface area contributed by atoms with Gasteiger partial charge in [-0.25, -0.2) is 0 Å². The largest absolute Gasteiger partial charge is 0.341 e. The van der Waals surface area contributed by atoms with Crippen molar-refractivity contribution in [1.82, 2.24) is 4.90 Å². The summed E-state index contributed by atoms with van der Waals surface area (Å²) < 4.78 is 0. The Morgan fingerprint density at radius 1 is 1.12 bits per heavy atom. The third-order valence-electron chi connectivity index (χ3n) is 4.98. The number of rotatable bonds is 5. The van der Waals surface area contributed by atoms with Crippen LogP contribution in [0.25, 0.3) is 0 Å². The molecule has 3 rings (SSSR count). The van der Waals surface area contributed by atoms with Crippen LogP contribution in [0, 0.1) is 5.92 Å². The summed E-state index contributed by atoms with van der Waals surface area (Å²) in [5, 5.41) is 0. The van der Waals surface area contributed by atoms with Gasteiger partial charge < -0.3 is 9.80 Å². The van der Waals surface area contributed by atoms with E-state index in [0.717, 1.165) is 11.3 Å². The average Bonchev–Trinajstić information content (AvgIpc) is 3.03. The molecule has 2 amide bonds. The van der Waals surface area contributed by atoms with Crippen LogP contribution in [0.4, 0.5) is 5.69 Å². The van der Waals surface area contributed by atoms with Crippen molar-refractivity contribution in [1.29, 1.82) is 0 Å². The lowest BCUT2D eigenvalue weighted by molar-refractivity contribution is -0.135. The summed E-state index contributed by atoms with van der Waals surface area (Å²) >= 11 is 0. The highest BCUT2D eigenvalue weighted by molar-refractivity contribution is 6.00. The van der Waals surface area contributed by atoms with Crippen molar-refractivity contribution in [2.45, 2.75) is 32.7 Å². The monoisotopic (exact) mass is 350 g/mol. The van der Waals surface area contributed by atoms with E-state index >= 15 is 0 Å². The molecule has 1 heterocycles. The highest BCUT2D eigenvalue weighted by Crippen LogP contribution is 2.28.